The molecule has 1 heterocycles. The lowest BCUT2D eigenvalue weighted by molar-refractivity contribution is 0.214. The summed E-state index contributed by atoms with van der Waals surface area (Å²) in [6.07, 6.45) is 2.42. The number of aryl methyl sites for hydroxylation is 1. The van der Waals surface area contributed by atoms with Crippen LogP contribution in [0.25, 0.3) is 0 Å². The molecule has 0 atom stereocenters. The summed E-state index contributed by atoms with van der Waals surface area (Å²) >= 11 is 6.28. The van der Waals surface area contributed by atoms with Crippen molar-refractivity contribution in [2.24, 2.45) is 5.92 Å². The molecule has 1 N–H and O–H groups in total. The molecular weight excluding hydrogens is 258 g/mol. The summed E-state index contributed by atoms with van der Waals surface area (Å²) in [5, 5.41) is 4.23. The maximum Gasteiger partial charge on any atom is 0.122 e. The third-order valence-electron chi connectivity index (χ3n) is 3.85. The number of hydrogen-bond acceptors (Lipinski definition) is 2. The van der Waals surface area contributed by atoms with Crippen molar-refractivity contribution >= 4 is 11.6 Å². The Kier molecular flexibility index (Phi) is 5.12. The molecule has 1 saturated heterocycles. The van der Waals surface area contributed by atoms with E-state index in [4.69, 9.17) is 16.3 Å². The summed E-state index contributed by atoms with van der Waals surface area (Å²) in [6, 6.07) is 4.14. The van der Waals surface area contributed by atoms with E-state index in [1.54, 1.807) is 0 Å². The fourth-order valence-electron chi connectivity index (χ4n) is 2.52. The lowest BCUT2D eigenvalue weighted by atomic mass is 9.99. The second-order valence-electron chi connectivity index (χ2n) is 5.80. The zero-order chi connectivity index (χ0) is 13.8. The monoisotopic (exact) mass is 281 g/mol. The van der Waals surface area contributed by atoms with Crippen LogP contribution in [0.3, 0.4) is 0 Å². The molecule has 1 aromatic carbocycles. The fourth-order valence-corrected chi connectivity index (χ4v) is 2.96. The van der Waals surface area contributed by atoms with E-state index in [2.05, 4.69) is 32.2 Å². The van der Waals surface area contributed by atoms with Crippen LogP contribution in [0.2, 0.25) is 5.02 Å². The summed E-state index contributed by atoms with van der Waals surface area (Å²) in [7, 11) is 0. The van der Waals surface area contributed by atoms with Crippen molar-refractivity contribution in [3.8, 4) is 5.75 Å². The Hall–Kier alpha value is -0.730. The summed E-state index contributed by atoms with van der Waals surface area (Å²) < 4.78 is 6.04. The Balaban J connectivity index is 2.04. The first-order valence-corrected chi connectivity index (χ1v) is 7.59. The predicted octanol–water partition coefficient (Wildman–Crippen LogP) is 4.15. The Bertz CT molecular complexity index is 425. The van der Waals surface area contributed by atoms with Crippen molar-refractivity contribution in [2.75, 3.05) is 19.7 Å². The molecule has 0 unspecified atom stereocenters. The number of benzene rings is 1. The zero-order valence-electron chi connectivity index (χ0n) is 12.1. The van der Waals surface area contributed by atoms with E-state index in [-0.39, 0.29) is 0 Å². The van der Waals surface area contributed by atoms with Crippen molar-refractivity contribution in [1.82, 2.24) is 5.32 Å². The molecule has 0 bridgehead atoms. The van der Waals surface area contributed by atoms with Crippen LogP contribution >= 0.6 is 11.6 Å². The van der Waals surface area contributed by atoms with Gasteiger partial charge in [0.15, 0.2) is 0 Å². The molecule has 2 nitrogen and oxygen atoms in total. The molecule has 0 spiro atoms. The molecule has 1 aliphatic rings. The number of halogens is 1. The molecule has 0 saturated carbocycles. The van der Waals surface area contributed by atoms with Crippen molar-refractivity contribution in [3.05, 3.63) is 28.3 Å². The summed E-state index contributed by atoms with van der Waals surface area (Å²) in [5.41, 5.74) is 2.30. The van der Waals surface area contributed by atoms with Crippen LogP contribution in [0.4, 0.5) is 0 Å². The van der Waals surface area contributed by atoms with Crippen molar-refractivity contribution in [2.45, 2.75) is 39.5 Å². The van der Waals surface area contributed by atoms with Crippen LogP contribution in [0.15, 0.2) is 12.1 Å². The van der Waals surface area contributed by atoms with Gasteiger partial charge in [0.05, 0.1) is 6.61 Å². The van der Waals surface area contributed by atoms with Crippen LogP contribution < -0.4 is 10.1 Å². The highest BCUT2D eigenvalue weighted by molar-refractivity contribution is 6.31. The van der Waals surface area contributed by atoms with Gasteiger partial charge in [-0.25, -0.2) is 0 Å². The first-order chi connectivity index (χ1) is 9.08. The molecule has 1 aromatic rings. The van der Waals surface area contributed by atoms with Gasteiger partial charge >= 0.3 is 0 Å². The van der Waals surface area contributed by atoms with Crippen LogP contribution in [0, 0.1) is 12.8 Å². The summed E-state index contributed by atoms with van der Waals surface area (Å²) in [4.78, 5) is 0. The SMILES string of the molecule is Cc1cc(Cl)c(C(C)C)cc1OCC1CCNCC1. The van der Waals surface area contributed by atoms with E-state index in [0.717, 1.165) is 36.0 Å². The predicted molar refractivity (Wildman–Crippen MR) is 81.4 cm³/mol. The van der Waals surface area contributed by atoms with Gasteiger partial charge in [0.1, 0.15) is 5.75 Å². The molecule has 0 aromatic heterocycles. The Morgan fingerprint density at radius 3 is 2.63 bits per heavy atom. The average molecular weight is 282 g/mol. The Morgan fingerprint density at radius 1 is 1.32 bits per heavy atom. The normalized spacial score (nSPS) is 16.9. The Morgan fingerprint density at radius 2 is 2.00 bits per heavy atom. The maximum atomic E-state index is 6.28. The number of rotatable bonds is 4. The molecule has 0 aliphatic carbocycles. The standard InChI is InChI=1S/C16H24ClNO/c1-11(2)14-9-16(12(3)8-15(14)17)19-10-13-4-6-18-7-5-13/h8-9,11,13,18H,4-7,10H2,1-3H3. The maximum absolute atomic E-state index is 6.28. The molecule has 1 aliphatic heterocycles. The molecule has 0 amide bonds. The van der Waals surface area contributed by atoms with E-state index in [1.165, 1.54) is 18.4 Å². The average Bonchev–Trinajstić information content (AvgIpc) is 2.38. The number of nitrogens with one attached hydrogen (secondary N) is 1. The van der Waals surface area contributed by atoms with Gasteiger partial charge in [0.25, 0.3) is 0 Å². The highest BCUT2D eigenvalue weighted by atomic mass is 35.5. The van der Waals surface area contributed by atoms with Gasteiger partial charge in [-0.15, -0.1) is 0 Å². The highest BCUT2D eigenvalue weighted by Crippen LogP contribution is 2.31. The minimum atomic E-state index is 0.425. The van der Waals surface area contributed by atoms with Gasteiger partial charge in [-0.1, -0.05) is 25.4 Å². The number of hydrogen-bond donors (Lipinski definition) is 1. The van der Waals surface area contributed by atoms with Crippen LogP contribution in [-0.2, 0) is 0 Å². The van der Waals surface area contributed by atoms with Gasteiger partial charge in [-0.2, -0.15) is 0 Å². The van der Waals surface area contributed by atoms with E-state index < -0.39 is 0 Å². The minimum absolute atomic E-state index is 0.425. The van der Waals surface area contributed by atoms with Crippen LogP contribution in [-0.4, -0.2) is 19.7 Å². The smallest absolute Gasteiger partial charge is 0.122 e. The lowest BCUT2D eigenvalue weighted by Crippen LogP contribution is -2.30. The third-order valence-corrected chi connectivity index (χ3v) is 4.18. The second kappa shape index (κ2) is 6.62. The zero-order valence-corrected chi connectivity index (χ0v) is 12.9. The van der Waals surface area contributed by atoms with Gasteiger partial charge in [0, 0.05) is 5.02 Å². The fraction of sp³-hybridized carbons (Fsp3) is 0.625. The molecule has 2 rings (SSSR count). The Labute approximate surface area is 121 Å². The first kappa shape index (κ1) is 14.7. The van der Waals surface area contributed by atoms with Gasteiger partial charge in [-0.05, 0) is 68.0 Å². The van der Waals surface area contributed by atoms with Crippen molar-refractivity contribution in [3.63, 3.8) is 0 Å². The molecule has 106 valence electrons. The van der Waals surface area contributed by atoms with Gasteiger partial charge in [-0.3, -0.25) is 0 Å². The topological polar surface area (TPSA) is 21.3 Å². The van der Waals surface area contributed by atoms with E-state index in [1.807, 2.05) is 6.07 Å². The molecule has 3 heteroatoms. The second-order valence-corrected chi connectivity index (χ2v) is 6.21. The van der Waals surface area contributed by atoms with Crippen molar-refractivity contribution in [1.29, 1.82) is 0 Å². The molecular formula is C16H24ClNO. The summed E-state index contributed by atoms with van der Waals surface area (Å²) in [6.45, 7) is 9.44. The van der Waals surface area contributed by atoms with E-state index in [9.17, 15) is 0 Å². The highest BCUT2D eigenvalue weighted by Gasteiger charge is 2.15. The molecule has 19 heavy (non-hydrogen) atoms. The van der Waals surface area contributed by atoms with Gasteiger partial charge < -0.3 is 10.1 Å². The van der Waals surface area contributed by atoms with Gasteiger partial charge in [0.2, 0.25) is 0 Å². The lowest BCUT2D eigenvalue weighted by Gasteiger charge is -2.23. The molecule has 0 radical (unpaired) electrons. The van der Waals surface area contributed by atoms with E-state index >= 15 is 0 Å². The molecule has 1 fully saturated rings. The minimum Gasteiger partial charge on any atom is -0.493 e. The first-order valence-electron chi connectivity index (χ1n) is 7.21. The van der Waals surface area contributed by atoms with E-state index in [0.29, 0.717) is 11.8 Å². The van der Waals surface area contributed by atoms with Crippen molar-refractivity contribution < 1.29 is 4.74 Å². The number of piperidine rings is 1. The summed E-state index contributed by atoms with van der Waals surface area (Å²) in [5.74, 6) is 2.10. The van der Waals surface area contributed by atoms with Crippen LogP contribution in [0.5, 0.6) is 5.75 Å². The third kappa shape index (κ3) is 3.87. The largest absolute Gasteiger partial charge is 0.493 e. The quantitative estimate of drug-likeness (QED) is 0.895. The number of ether oxygens (including phenoxy) is 1. The van der Waals surface area contributed by atoms with Crippen LogP contribution in [0.1, 0.15) is 43.7 Å².